The predicted molar refractivity (Wildman–Crippen MR) is 114 cm³/mol. The lowest BCUT2D eigenvalue weighted by Gasteiger charge is -2.26. The number of nitrogens with one attached hydrogen (secondary N) is 2. The molecule has 31 heavy (non-hydrogen) atoms. The zero-order valence-electron chi connectivity index (χ0n) is 16.9. The fourth-order valence-corrected chi connectivity index (χ4v) is 6.61. The van der Waals surface area contributed by atoms with E-state index in [9.17, 15) is 25.3 Å². The molecular formula is C18H23N3O7S3. The molecule has 0 saturated carbocycles. The summed E-state index contributed by atoms with van der Waals surface area (Å²) in [5.74, 6) is 0. The second-order valence-electron chi connectivity index (χ2n) is 6.78. The third-order valence-electron chi connectivity index (χ3n) is 4.72. The van der Waals surface area contributed by atoms with Crippen LogP contribution >= 0.6 is 0 Å². The number of anilines is 1. The van der Waals surface area contributed by atoms with Gasteiger partial charge in [-0.25, -0.2) is 30.0 Å². The van der Waals surface area contributed by atoms with Crippen LogP contribution in [0.5, 0.6) is 0 Å². The Morgan fingerprint density at radius 3 is 2.10 bits per heavy atom. The molecule has 10 nitrogen and oxygen atoms in total. The van der Waals surface area contributed by atoms with Gasteiger partial charge in [0.15, 0.2) is 0 Å². The Balaban J connectivity index is 1.95. The Morgan fingerprint density at radius 2 is 1.48 bits per heavy atom. The van der Waals surface area contributed by atoms with E-state index < -0.39 is 30.1 Å². The molecule has 0 unspecified atom stereocenters. The van der Waals surface area contributed by atoms with Gasteiger partial charge in [0.25, 0.3) is 10.0 Å². The van der Waals surface area contributed by atoms with E-state index in [0.717, 1.165) is 6.07 Å². The van der Waals surface area contributed by atoms with Crippen LogP contribution in [0.25, 0.3) is 0 Å². The lowest BCUT2D eigenvalue weighted by molar-refractivity contribution is 0.0730. The van der Waals surface area contributed by atoms with E-state index in [-0.39, 0.29) is 46.7 Å². The van der Waals surface area contributed by atoms with Crippen LogP contribution < -0.4 is 9.44 Å². The summed E-state index contributed by atoms with van der Waals surface area (Å²) < 4.78 is 86.5. The van der Waals surface area contributed by atoms with E-state index in [1.54, 1.807) is 6.92 Å². The van der Waals surface area contributed by atoms with E-state index in [1.165, 1.54) is 47.8 Å². The van der Waals surface area contributed by atoms with Crippen molar-refractivity contribution >= 4 is 35.8 Å². The van der Waals surface area contributed by atoms with Crippen LogP contribution in [0.3, 0.4) is 0 Å². The number of ether oxygens (including phenoxy) is 1. The van der Waals surface area contributed by atoms with Gasteiger partial charge in [0.05, 0.1) is 33.6 Å². The molecule has 1 heterocycles. The first-order chi connectivity index (χ1) is 14.5. The van der Waals surface area contributed by atoms with Crippen molar-refractivity contribution in [3.05, 3.63) is 48.0 Å². The predicted octanol–water partition coefficient (Wildman–Crippen LogP) is 0.725. The lowest BCUT2D eigenvalue weighted by atomic mass is 10.2. The van der Waals surface area contributed by atoms with E-state index >= 15 is 0 Å². The molecule has 0 atom stereocenters. The summed E-state index contributed by atoms with van der Waals surface area (Å²) in [4.78, 5) is -0.500. The molecule has 2 N–H and O–H groups in total. The highest BCUT2D eigenvalue weighted by Gasteiger charge is 2.28. The Bertz CT molecular complexity index is 1280. The highest BCUT2D eigenvalue weighted by atomic mass is 32.2. The summed E-state index contributed by atoms with van der Waals surface area (Å²) >= 11 is 0. The zero-order chi connectivity index (χ0) is 22.9. The normalized spacial score (nSPS) is 16.2. The van der Waals surface area contributed by atoms with Gasteiger partial charge < -0.3 is 4.74 Å². The second kappa shape index (κ2) is 8.84. The highest BCUT2D eigenvalue weighted by Crippen LogP contribution is 2.26. The lowest BCUT2D eigenvalue weighted by Crippen LogP contribution is -2.40. The monoisotopic (exact) mass is 489 g/mol. The summed E-state index contributed by atoms with van der Waals surface area (Å²) in [5.41, 5.74) is 0.510. The van der Waals surface area contributed by atoms with Crippen LogP contribution in [0.2, 0.25) is 0 Å². The van der Waals surface area contributed by atoms with Crippen molar-refractivity contribution in [2.45, 2.75) is 21.6 Å². The minimum Gasteiger partial charge on any atom is -0.379 e. The molecule has 0 radical (unpaired) electrons. The maximum absolute atomic E-state index is 13.0. The number of nitrogens with zero attached hydrogens (tertiary/aromatic N) is 1. The van der Waals surface area contributed by atoms with Crippen molar-refractivity contribution in [1.82, 2.24) is 9.03 Å². The molecule has 1 aliphatic rings. The summed E-state index contributed by atoms with van der Waals surface area (Å²) in [6.07, 6.45) is 0. The number of aryl methyl sites for hydroxylation is 1. The van der Waals surface area contributed by atoms with Gasteiger partial charge in [-0.15, -0.1) is 0 Å². The smallest absolute Gasteiger partial charge is 0.261 e. The number of sulfonamides is 3. The first kappa shape index (κ1) is 23.6. The molecule has 13 heteroatoms. The number of rotatable bonds is 7. The number of hydrogen-bond acceptors (Lipinski definition) is 7. The Labute approximate surface area is 182 Å². The van der Waals surface area contributed by atoms with Gasteiger partial charge in [0.2, 0.25) is 20.0 Å². The van der Waals surface area contributed by atoms with Crippen molar-refractivity contribution in [1.29, 1.82) is 0 Å². The quantitative estimate of drug-likeness (QED) is 0.584. The van der Waals surface area contributed by atoms with Gasteiger partial charge in [-0.2, -0.15) is 4.31 Å². The maximum atomic E-state index is 13.0. The number of benzene rings is 2. The van der Waals surface area contributed by atoms with E-state index in [0.29, 0.717) is 5.56 Å². The van der Waals surface area contributed by atoms with Crippen LogP contribution in [0.15, 0.2) is 57.2 Å². The Morgan fingerprint density at radius 1 is 0.871 bits per heavy atom. The van der Waals surface area contributed by atoms with Crippen LogP contribution in [-0.2, 0) is 34.8 Å². The largest absolute Gasteiger partial charge is 0.379 e. The van der Waals surface area contributed by atoms with Crippen molar-refractivity contribution in [2.75, 3.05) is 38.1 Å². The molecular weight excluding hydrogens is 466 g/mol. The fourth-order valence-electron chi connectivity index (χ4n) is 3.01. The molecule has 0 aromatic heterocycles. The molecule has 1 fully saturated rings. The van der Waals surface area contributed by atoms with Gasteiger partial charge in [0, 0.05) is 13.1 Å². The maximum Gasteiger partial charge on any atom is 0.261 e. The van der Waals surface area contributed by atoms with Crippen molar-refractivity contribution in [3.63, 3.8) is 0 Å². The minimum atomic E-state index is -4.17. The molecule has 1 aliphatic heterocycles. The van der Waals surface area contributed by atoms with Crippen LogP contribution in [0, 0.1) is 6.92 Å². The molecule has 3 rings (SSSR count). The number of morpholine rings is 1. The third kappa shape index (κ3) is 5.07. The fraction of sp³-hybridized carbons (Fsp3) is 0.333. The Kier molecular flexibility index (Phi) is 6.74. The molecule has 0 spiro atoms. The summed E-state index contributed by atoms with van der Waals surface area (Å²) in [6, 6.07) is 9.05. The van der Waals surface area contributed by atoms with Crippen molar-refractivity contribution in [2.24, 2.45) is 0 Å². The third-order valence-corrected chi connectivity index (χ3v) is 9.55. The van der Waals surface area contributed by atoms with Crippen molar-refractivity contribution in [3.8, 4) is 0 Å². The van der Waals surface area contributed by atoms with Gasteiger partial charge in [-0.1, -0.05) is 12.1 Å². The van der Waals surface area contributed by atoms with E-state index in [2.05, 4.69) is 9.44 Å². The second-order valence-corrected chi connectivity index (χ2v) is 12.3. The van der Waals surface area contributed by atoms with Gasteiger partial charge in [0.1, 0.15) is 0 Å². The molecule has 2 aromatic carbocycles. The number of hydrogen-bond donors (Lipinski definition) is 2. The molecule has 1 saturated heterocycles. The Hall–Kier alpha value is -2.03. The van der Waals surface area contributed by atoms with Crippen LogP contribution in [-0.4, -0.2) is 62.9 Å². The molecule has 2 aromatic rings. The molecule has 0 bridgehead atoms. The van der Waals surface area contributed by atoms with Gasteiger partial charge >= 0.3 is 0 Å². The van der Waals surface area contributed by atoms with E-state index in [4.69, 9.17) is 4.74 Å². The average molecular weight is 490 g/mol. The molecule has 0 amide bonds. The summed E-state index contributed by atoms with van der Waals surface area (Å²) in [5, 5.41) is 0. The standard InChI is InChI=1S/C18H23N3O7S3/c1-14-6-7-15(12-18(14)31(26,27)21-8-10-28-11-9-21)20-30(24,25)17-5-3-4-16(13-17)29(22,23)19-2/h3-7,12-13,19-20H,8-11H2,1-2H3. The van der Waals surface area contributed by atoms with E-state index in [1.807, 2.05) is 0 Å². The first-order valence-corrected chi connectivity index (χ1v) is 13.6. The van der Waals surface area contributed by atoms with Crippen molar-refractivity contribution < 1.29 is 30.0 Å². The first-order valence-electron chi connectivity index (χ1n) is 9.22. The summed E-state index contributed by atoms with van der Waals surface area (Å²) in [6.45, 7) is 2.62. The highest BCUT2D eigenvalue weighted by molar-refractivity contribution is 7.93. The minimum absolute atomic E-state index is 0.0129. The van der Waals surface area contributed by atoms with Gasteiger partial charge in [-0.3, -0.25) is 4.72 Å². The molecule has 0 aliphatic carbocycles. The molecule has 170 valence electrons. The zero-order valence-corrected chi connectivity index (χ0v) is 19.3. The SMILES string of the molecule is CNS(=O)(=O)c1cccc(S(=O)(=O)Nc2ccc(C)c(S(=O)(=O)N3CCOCC3)c2)c1. The average Bonchev–Trinajstić information content (AvgIpc) is 2.75. The topological polar surface area (TPSA) is 139 Å². The van der Waals surface area contributed by atoms with Crippen LogP contribution in [0.1, 0.15) is 5.56 Å². The van der Waals surface area contributed by atoms with Gasteiger partial charge in [-0.05, 0) is 49.9 Å². The summed E-state index contributed by atoms with van der Waals surface area (Å²) in [7, 11) is -10.6. The van der Waals surface area contributed by atoms with Crippen LogP contribution in [0.4, 0.5) is 5.69 Å².